The predicted molar refractivity (Wildman–Crippen MR) is 112 cm³/mol. The van der Waals surface area contributed by atoms with Gasteiger partial charge in [0.2, 0.25) is 0 Å². The zero-order valence-corrected chi connectivity index (χ0v) is 17.3. The molecule has 3 aromatic heterocycles. The van der Waals surface area contributed by atoms with Gasteiger partial charge in [0.15, 0.2) is 5.13 Å². The second-order valence-electron chi connectivity index (χ2n) is 6.65. The molecule has 1 aromatic carbocycles. The highest BCUT2D eigenvalue weighted by Crippen LogP contribution is 2.34. The highest BCUT2D eigenvalue weighted by molar-refractivity contribution is 7.22. The number of amides is 1. The minimum atomic E-state index is -0.152. The smallest absolute Gasteiger partial charge is 0.263 e. The molecule has 0 aliphatic carbocycles. The summed E-state index contributed by atoms with van der Waals surface area (Å²) in [7, 11) is 0. The summed E-state index contributed by atoms with van der Waals surface area (Å²) in [4.78, 5) is 24.0. The third kappa shape index (κ3) is 3.53. The molecular weight excluding hydrogens is 394 g/mol. The molecule has 1 amide bonds. The number of hydrogen-bond donors (Lipinski definition) is 0. The summed E-state index contributed by atoms with van der Waals surface area (Å²) in [5.41, 5.74) is 3.29. The van der Waals surface area contributed by atoms with E-state index in [0.717, 1.165) is 21.3 Å². The molecule has 3 heterocycles. The van der Waals surface area contributed by atoms with E-state index < -0.39 is 0 Å². The number of nitrogens with zero attached hydrogens (tertiary/aromatic N) is 3. The second kappa shape index (κ2) is 7.37. The van der Waals surface area contributed by atoms with Crippen molar-refractivity contribution in [2.24, 2.45) is 0 Å². The van der Waals surface area contributed by atoms with Crippen LogP contribution in [0.4, 0.5) is 5.13 Å². The van der Waals surface area contributed by atoms with Gasteiger partial charge in [0.1, 0.15) is 11.5 Å². The van der Waals surface area contributed by atoms with Crippen molar-refractivity contribution in [2.45, 2.75) is 27.3 Å². The number of anilines is 1. The molecule has 28 heavy (non-hydrogen) atoms. The van der Waals surface area contributed by atoms with Crippen LogP contribution in [0.3, 0.4) is 0 Å². The number of halogens is 1. The fourth-order valence-electron chi connectivity index (χ4n) is 3.15. The Balaban J connectivity index is 1.82. The van der Waals surface area contributed by atoms with Gasteiger partial charge >= 0.3 is 0 Å². The normalized spacial score (nSPS) is 11.1. The quantitative estimate of drug-likeness (QED) is 0.431. The summed E-state index contributed by atoms with van der Waals surface area (Å²) in [5, 5.41) is 1.28. The maximum absolute atomic E-state index is 13.4. The van der Waals surface area contributed by atoms with Crippen LogP contribution in [0.2, 0.25) is 5.02 Å². The first-order valence-electron chi connectivity index (χ1n) is 8.77. The molecule has 142 valence electrons. The van der Waals surface area contributed by atoms with Gasteiger partial charge in [-0.3, -0.25) is 14.7 Å². The number of thiazole rings is 1. The molecule has 0 aliphatic heterocycles. The average molecular weight is 412 g/mol. The van der Waals surface area contributed by atoms with Crippen molar-refractivity contribution in [3.05, 3.63) is 76.0 Å². The lowest BCUT2D eigenvalue weighted by molar-refractivity contribution is 0.0983. The van der Waals surface area contributed by atoms with E-state index in [2.05, 4.69) is 4.98 Å². The minimum absolute atomic E-state index is 0.152. The van der Waals surface area contributed by atoms with Crippen molar-refractivity contribution in [1.29, 1.82) is 0 Å². The van der Waals surface area contributed by atoms with Gasteiger partial charge in [-0.25, -0.2) is 4.98 Å². The molecule has 0 fully saturated rings. The molecule has 0 saturated carbocycles. The third-order valence-electron chi connectivity index (χ3n) is 4.45. The van der Waals surface area contributed by atoms with Crippen LogP contribution < -0.4 is 4.90 Å². The largest absolute Gasteiger partial charge is 0.466 e. The Morgan fingerprint density at radius 1 is 1.25 bits per heavy atom. The molecule has 0 unspecified atom stereocenters. The van der Waals surface area contributed by atoms with Crippen LogP contribution in [0.1, 0.15) is 33.0 Å². The van der Waals surface area contributed by atoms with Crippen molar-refractivity contribution in [2.75, 3.05) is 4.90 Å². The zero-order valence-electron chi connectivity index (χ0n) is 15.7. The molecule has 4 aromatic rings. The van der Waals surface area contributed by atoms with Crippen LogP contribution in [0.15, 0.2) is 47.1 Å². The molecule has 0 atom stereocenters. The summed E-state index contributed by atoms with van der Waals surface area (Å²) >= 11 is 7.65. The minimum Gasteiger partial charge on any atom is -0.466 e. The van der Waals surface area contributed by atoms with Gasteiger partial charge in [-0.15, -0.1) is 0 Å². The number of rotatable bonds is 4. The maximum Gasteiger partial charge on any atom is 0.263 e. The van der Waals surface area contributed by atoms with Crippen LogP contribution in [0.25, 0.3) is 10.2 Å². The monoisotopic (exact) mass is 411 g/mol. The Morgan fingerprint density at radius 2 is 2.07 bits per heavy atom. The number of carbonyl (C=O) groups is 1. The van der Waals surface area contributed by atoms with Crippen molar-refractivity contribution < 1.29 is 9.21 Å². The first kappa shape index (κ1) is 18.7. The number of aryl methyl sites for hydroxylation is 3. The molecule has 0 bridgehead atoms. The summed E-state index contributed by atoms with van der Waals surface area (Å²) in [6.45, 7) is 5.96. The Labute approximate surface area is 171 Å². The SMILES string of the molecule is Cc1cc(C(=O)N(Cc2cccnc2)c2nc3c(C)cc(Cl)cc3s2)c(C)o1. The number of fused-ring (bicyclic) bond motifs is 1. The van der Waals surface area contributed by atoms with E-state index in [1.165, 1.54) is 11.3 Å². The molecular formula is C21H18ClN3O2S. The average Bonchev–Trinajstić information content (AvgIpc) is 3.22. The van der Waals surface area contributed by atoms with E-state index in [-0.39, 0.29) is 5.91 Å². The molecule has 0 saturated heterocycles. The molecule has 4 rings (SSSR count). The first-order valence-corrected chi connectivity index (χ1v) is 9.96. The third-order valence-corrected chi connectivity index (χ3v) is 5.69. The molecule has 0 spiro atoms. The van der Waals surface area contributed by atoms with Crippen LogP contribution in [-0.2, 0) is 6.54 Å². The fourth-order valence-corrected chi connectivity index (χ4v) is 4.57. The standard InChI is InChI=1S/C21H18ClN3O2S/c1-12-7-16(22)9-18-19(12)24-21(28-18)25(11-15-5-4-6-23-10-15)20(26)17-8-13(2)27-14(17)3/h4-10H,11H2,1-3H3. The molecule has 0 radical (unpaired) electrons. The van der Waals surface area contributed by atoms with E-state index in [1.54, 1.807) is 30.3 Å². The van der Waals surface area contributed by atoms with E-state index in [4.69, 9.17) is 21.0 Å². The highest BCUT2D eigenvalue weighted by Gasteiger charge is 2.25. The van der Waals surface area contributed by atoms with Gasteiger partial charge in [0, 0.05) is 17.4 Å². The Hall–Kier alpha value is -2.70. The van der Waals surface area contributed by atoms with Gasteiger partial charge in [-0.1, -0.05) is 29.0 Å². The predicted octanol–water partition coefficient (Wildman–Crippen LogP) is 5.71. The van der Waals surface area contributed by atoms with Gasteiger partial charge in [0.25, 0.3) is 5.91 Å². The number of hydrogen-bond acceptors (Lipinski definition) is 5. The van der Waals surface area contributed by atoms with Crippen LogP contribution in [0, 0.1) is 20.8 Å². The van der Waals surface area contributed by atoms with Gasteiger partial charge < -0.3 is 4.42 Å². The Bertz CT molecular complexity index is 1170. The summed E-state index contributed by atoms with van der Waals surface area (Å²) < 4.78 is 6.52. The number of furan rings is 1. The Kier molecular flexibility index (Phi) is 4.91. The highest BCUT2D eigenvalue weighted by atomic mass is 35.5. The summed E-state index contributed by atoms with van der Waals surface area (Å²) in [5.74, 6) is 1.15. The Morgan fingerprint density at radius 3 is 2.75 bits per heavy atom. The van der Waals surface area contributed by atoms with Gasteiger partial charge in [0.05, 0.1) is 22.3 Å². The lowest BCUT2D eigenvalue weighted by Gasteiger charge is -2.19. The molecule has 0 aliphatic rings. The molecule has 0 N–H and O–H groups in total. The zero-order chi connectivity index (χ0) is 19.8. The van der Waals surface area contributed by atoms with Crippen molar-refractivity contribution >= 4 is 44.2 Å². The number of benzene rings is 1. The number of aromatic nitrogens is 2. The van der Waals surface area contributed by atoms with Crippen LogP contribution in [-0.4, -0.2) is 15.9 Å². The van der Waals surface area contributed by atoms with E-state index in [1.807, 2.05) is 38.1 Å². The number of carbonyl (C=O) groups excluding carboxylic acids is 1. The van der Waals surface area contributed by atoms with Crippen LogP contribution >= 0.6 is 22.9 Å². The van der Waals surface area contributed by atoms with Crippen molar-refractivity contribution in [3.63, 3.8) is 0 Å². The summed E-state index contributed by atoms with van der Waals surface area (Å²) in [6.07, 6.45) is 3.46. The second-order valence-corrected chi connectivity index (χ2v) is 8.09. The summed E-state index contributed by atoms with van der Waals surface area (Å²) in [6, 6.07) is 9.32. The lowest BCUT2D eigenvalue weighted by atomic mass is 10.2. The fraction of sp³-hybridized carbons (Fsp3) is 0.190. The van der Waals surface area contributed by atoms with Crippen molar-refractivity contribution in [1.82, 2.24) is 9.97 Å². The lowest BCUT2D eigenvalue weighted by Crippen LogP contribution is -2.30. The van der Waals surface area contributed by atoms with E-state index >= 15 is 0 Å². The van der Waals surface area contributed by atoms with E-state index in [9.17, 15) is 4.79 Å². The van der Waals surface area contributed by atoms with Gasteiger partial charge in [-0.05, 0) is 56.2 Å². The maximum atomic E-state index is 13.4. The number of pyridine rings is 1. The molecule has 7 heteroatoms. The van der Waals surface area contributed by atoms with Crippen molar-refractivity contribution in [3.8, 4) is 0 Å². The van der Waals surface area contributed by atoms with E-state index in [0.29, 0.717) is 33.8 Å². The topological polar surface area (TPSA) is 59.2 Å². The van der Waals surface area contributed by atoms with Gasteiger partial charge in [-0.2, -0.15) is 0 Å². The molecule has 5 nitrogen and oxygen atoms in total. The van der Waals surface area contributed by atoms with Crippen LogP contribution in [0.5, 0.6) is 0 Å². The first-order chi connectivity index (χ1) is 13.4.